The summed E-state index contributed by atoms with van der Waals surface area (Å²) in [6.07, 6.45) is -0.269. The summed E-state index contributed by atoms with van der Waals surface area (Å²) < 4.78 is 85.1. The predicted octanol–water partition coefficient (Wildman–Crippen LogP) is 7.84. The van der Waals surface area contributed by atoms with Crippen LogP contribution >= 0.6 is 0 Å². The lowest BCUT2D eigenvalue weighted by Gasteiger charge is -2.32. The molecule has 1 aliphatic heterocycles. The molecule has 0 aromatic heterocycles. The lowest BCUT2D eigenvalue weighted by molar-refractivity contribution is -0.212. The van der Waals surface area contributed by atoms with Crippen LogP contribution in [0.1, 0.15) is 55.9 Å². The molecule has 34 heavy (non-hydrogen) atoms. The minimum Gasteiger partial charge on any atom is -0.431 e. The van der Waals surface area contributed by atoms with Gasteiger partial charge in [-0.1, -0.05) is 56.5 Å². The van der Waals surface area contributed by atoms with Crippen LogP contribution in [-0.2, 0) is 14.2 Å². The number of rotatable bonds is 8. The van der Waals surface area contributed by atoms with E-state index in [1.165, 1.54) is 25.7 Å². The van der Waals surface area contributed by atoms with Gasteiger partial charge < -0.3 is 14.2 Å². The Morgan fingerprint density at radius 2 is 1.74 bits per heavy atom. The van der Waals surface area contributed by atoms with Crippen molar-refractivity contribution in [3.8, 4) is 0 Å². The molecule has 3 nitrogen and oxygen atoms in total. The number of benzene rings is 1. The fraction of sp³-hybridized carbons (Fsp3) is 0.462. The summed E-state index contributed by atoms with van der Waals surface area (Å²) in [5.74, 6) is -2.13. The van der Waals surface area contributed by atoms with Gasteiger partial charge in [-0.3, -0.25) is 0 Å². The highest BCUT2D eigenvalue weighted by atomic mass is 19.3. The molecule has 184 valence electrons. The molecule has 0 spiro atoms. The zero-order chi connectivity index (χ0) is 24.3. The van der Waals surface area contributed by atoms with Crippen LogP contribution in [0.3, 0.4) is 0 Å². The molecule has 0 amide bonds. The van der Waals surface area contributed by atoms with Gasteiger partial charge in [0.05, 0.1) is 25.2 Å². The molecule has 1 aromatic rings. The number of ether oxygens (including phenoxy) is 3. The first-order valence-electron chi connectivity index (χ1n) is 11.4. The SMILES string of the molecule is C=C(F)C/C(=C\F)OC(F)(F)C1=C(F)C=C(c2ccc(C3OCC(C4CCCC4)CO3)cc2)C1. The molecular formula is C26H27F5O3. The first-order chi connectivity index (χ1) is 16.3. The molecule has 0 unspecified atom stereocenters. The van der Waals surface area contributed by atoms with E-state index in [9.17, 15) is 22.0 Å². The number of halogens is 5. The average molecular weight is 482 g/mol. The monoisotopic (exact) mass is 482 g/mol. The first kappa shape index (κ1) is 24.7. The Bertz CT molecular complexity index is 982. The van der Waals surface area contributed by atoms with Crippen LogP contribution in [0, 0.1) is 11.8 Å². The van der Waals surface area contributed by atoms with Gasteiger partial charge >= 0.3 is 6.11 Å². The Morgan fingerprint density at radius 1 is 1.09 bits per heavy atom. The molecule has 8 heteroatoms. The quantitative estimate of drug-likeness (QED) is 0.279. The van der Waals surface area contributed by atoms with Gasteiger partial charge in [0.25, 0.3) is 0 Å². The lowest BCUT2D eigenvalue weighted by Crippen LogP contribution is -2.31. The highest BCUT2D eigenvalue weighted by Crippen LogP contribution is 2.43. The fourth-order valence-electron chi connectivity index (χ4n) is 4.77. The minimum atomic E-state index is -4.14. The third kappa shape index (κ3) is 5.61. The molecular weight excluding hydrogens is 455 g/mol. The summed E-state index contributed by atoms with van der Waals surface area (Å²) >= 11 is 0. The molecule has 1 heterocycles. The summed E-state index contributed by atoms with van der Waals surface area (Å²) in [7, 11) is 0. The molecule has 1 aromatic carbocycles. The zero-order valence-corrected chi connectivity index (χ0v) is 18.7. The van der Waals surface area contributed by atoms with Crippen molar-refractivity contribution in [1.82, 2.24) is 0 Å². The maximum atomic E-state index is 14.5. The Labute approximate surface area is 195 Å². The number of allylic oxidation sites excluding steroid dienone is 4. The largest absolute Gasteiger partial charge is 0.431 e. The summed E-state index contributed by atoms with van der Waals surface area (Å²) in [6.45, 7) is 4.17. The standard InChI is InChI=1S/C26H27F5O3/c1-16(28)10-22(13-27)34-26(30,31)23-11-20(12-24(23)29)18-6-8-19(9-7-18)25-32-14-21(15-33-25)17-4-2-3-5-17/h6-9,12-13,17,21,25H,1-5,10-11,14-15H2/b22-13+. The van der Waals surface area contributed by atoms with Crippen molar-refractivity contribution in [2.24, 2.45) is 11.8 Å². The summed E-state index contributed by atoms with van der Waals surface area (Å²) in [5, 5.41) is 0. The van der Waals surface area contributed by atoms with Gasteiger partial charge in [-0.05, 0) is 23.1 Å². The smallest absolute Gasteiger partial charge is 0.425 e. The van der Waals surface area contributed by atoms with E-state index in [2.05, 4.69) is 11.3 Å². The normalized spacial score (nSPS) is 24.5. The van der Waals surface area contributed by atoms with E-state index >= 15 is 0 Å². The molecule has 1 saturated heterocycles. The maximum Gasteiger partial charge on any atom is 0.425 e. The van der Waals surface area contributed by atoms with Crippen LogP contribution < -0.4 is 0 Å². The van der Waals surface area contributed by atoms with Crippen LogP contribution in [0.15, 0.2) is 66.2 Å². The van der Waals surface area contributed by atoms with Crippen molar-refractivity contribution < 1.29 is 36.2 Å². The van der Waals surface area contributed by atoms with Crippen LogP contribution in [0.2, 0.25) is 0 Å². The Kier molecular flexibility index (Phi) is 7.57. The molecule has 1 saturated carbocycles. The third-order valence-electron chi connectivity index (χ3n) is 6.60. The second kappa shape index (κ2) is 10.4. The molecule has 2 fully saturated rings. The lowest BCUT2D eigenvalue weighted by atomic mass is 9.91. The minimum absolute atomic E-state index is 0.287. The number of hydrogen-bond donors (Lipinski definition) is 0. The van der Waals surface area contributed by atoms with Gasteiger partial charge in [0.15, 0.2) is 6.29 Å². The van der Waals surface area contributed by atoms with E-state index in [1.807, 2.05) is 0 Å². The second-order valence-electron chi connectivity index (χ2n) is 8.99. The maximum absolute atomic E-state index is 14.5. The Hall–Kier alpha value is -2.45. The second-order valence-corrected chi connectivity index (χ2v) is 8.99. The van der Waals surface area contributed by atoms with E-state index in [4.69, 9.17) is 9.47 Å². The van der Waals surface area contributed by atoms with Crippen molar-refractivity contribution >= 4 is 5.57 Å². The highest BCUT2D eigenvalue weighted by molar-refractivity contribution is 5.74. The Balaban J connectivity index is 1.36. The van der Waals surface area contributed by atoms with E-state index < -0.39 is 48.2 Å². The van der Waals surface area contributed by atoms with Crippen molar-refractivity contribution in [3.05, 3.63) is 77.4 Å². The van der Waals surface area contributed by atoms with Gasteiger partial charge in [0.1, 0.15) is 23.7 Å². The van der Waals surface area contributed by atoms with Crippen molar-refractivity contribution in [2.75, 3.05) is 13.2 Å². The third-order valence-corrected chi connectivity index (χ3v) is 6.60. The van der Waals surface area contributed by atoms with Gasteiger partial charge in [0, 0.05) is 17.9 Å². The molecule has 0 N–H and O–H groups in total. The average Bonchev–Trinajstić information content (AvgIpc) is 3.49. The van der Waals surface area contributed by atoms with Gasteiger partial charge in [0.2, 0.25) is 0 Å². The van der Waals surface area contributed by atoms with Crippen LogP contribution in [-0.4, -0.2) is 19.3 Å². The summed E-state index contributed by atoms with van der Waals surface area (Å²) in [4.78, 5) is 0. The summed E-state index contributed by atoms with van der Waals surface area (Å²) in [6, 6.07) is 6.90. The Morgan fingerprint density at radius 3 is 2.32 bits per heavy atom. The molecule has 2 aliphatic carbocycles. The molecule has 0 radical (unpaired) electrons. The predicted molar refractivity (Wildman–Crippen MR) is 117 cm³/mol. The van der Waals surface area contributed by atoms with E-state index in [0.717, 1.165) is 11.6 Å². The van der Waals surface area contributed by atoms with Gasteiger partial charge in [-0.2, -0.15) is 8.78 Å². The fourth-order valence-corrected chi connectivity index (χ4v) is 4.77. The van der Waals surface area contributed by atoms with Crippen molar-refractivity contribution in [1.29, 1.82) is 0 Å². The molecule has 0 atom stereocenters. The van der Waals surface area contributed by atoms with Crippen LogP contribution in [0.5, 0.6) is 0 Å². The molecule has 3 aliphatic rings. The van der Waals surface area contributed by atoms with Crippen LogP contribution in [0.25, 0.3) is 5.57 Å². The van der Waals surface area contributed by atoms with Crippen molar-refractivity contribution in [3.63, 3.8) is 0 Å². The van der Waals surface area contributed by atoms with Gasteiger partial charge in [-0.25, -0.2) is 13.2 Å². The summed E-state index contributed by atoms with van der Waals surface area (Å²) in [5.41, 5.74) is 0.698. The van der Waals surface area contributed by atoms with Crippen molar-refractivity contribution in [2.45, 2.75) is 50.9 Å². The number of hydrogen-bond acceptors (Lipinski definition) is 3. The number of alkyl halides is 2. The topological polar surface area (TPSA) is 27.7 Å². The van der Waals surface area contributed by atoms with Crippen LogP contribution in [0.4, 0.5) is 22.0 Å². The van der Waals surface area contributed by atoms with Gasteiger partial charge in [-0.15, -0.1) is 0 Å². The van der Waals surface area contributed by atoms with E-state index in [-0.39, 0.29) is 6.33 Å². The van der Waals surface area contributed by atoms with E-state index in [0.29, 0.717) is 36.2 Å². The molecule has 0 bridgehead atoms. The zero-order valence-electron chi connectivity index (χ0n) is 18.7. The first-order valence-corrected chi connectivity index (χ1v) is 11.4. The van der Waals surface area contributed by atoms with E-state index in [1.54, 1.807) is 24.3 Å². The molecule has 4 rings (SSSR count). The highest BCUT2D eigenvalue weighted by Gasteiger charge is 2.43.